The minimum atomic E-state index is -2.35. The third kappa shape index (κ3) is 16.0. The molecule has 2 saturated heterocycles. The van der Waals surface area contributed by atoms with Crippen LogP contribution in [0, 0.1) is 5.41 Å². The fourth-order valence-corrected chi connectivity index (χ4v) is 13.1. The molecule has 36 heteroatoms. The summed E-state index contributed by atoms with van der Waals surface area (Å²) in [6.45, 7) is 7.11. The van der Waals surface area contributed by atoms with Crippen LogP contribution >= 0.6 is 35.6 Å². The number of amides is 7. The molecule has 11 bridgehead atoms. The van der Waals surface area contributed by atoms with Gasteiger partial charge in [-0.3, -0.25) is 33.6 Å². The SMILES string of the molecule is CN[C@@H](C(=O)N[C@H]1C(=O)N[C@@H](CC(N)=O)C(=O)N[C@H]2C(=O)N[C@H]3C(=O)N[C@H](C(=O)N[C@H](C(=O)O)c4cc(O)cc(O)c4-c4cc3ccc4O)[C@H](O)c3ccc(c(Cl)c3)Oc3cc2cc(c3O[C@@H]2O[C@H](CO)[C@@H](O)[C@H](O)[C@H]2O[C@H]2C[C@](C)(N)[C@H](O)[C@H](C)O2)Oc2ccc(cc2Cl)[C@H]1O)C(C)(C)C.Cl. The van der Waals surface area contributed by atoms with E-state index in [4.69, 9.17) is 63.1 Å². The zero-order chi connectivity index (χ0) is 73.8. The molecule has 5 aromatic carbocycles. The van der Waals surface area contributed by atoms with E-state index >= 15 is 14.4 Å². The molecule has 0 unspecified atom stereocenters. The van der Waals surface area contributed by atoms with Crippen molar-refractivity contribution < 1.29 is 118 Å². The Morgan fingerprint density at radius 1 is 0.716 bits per heavy atom. The molecule has 7 aliphatic rings. The third-order valence-corrected chi connectivity index (χ3v) is 18.4. The lowest BCUT2D eigenvalue weighted by atomic mass is 9.86. The van der Waals surface area contributed by atoms with E-state index in [2.05, 4.69) is 37.2 Å². The maximum Gasteiger partial charge on any atom is 0.330 e. The van der Waals surface area contributed by atoms with Crippen molar-refractivity contribution in [1.82, 2.24) is 37.2 Å². The van der Waals surface area contributed by atoms with Gasteiger partial charge >= 0.3 is 5.97 Å². The molecule has 21 N–H and O–H groups in total. The largest absolute Gasteiger partial charge is 0.508 e. The topological polar surface area (TPSA) is 530 Å². The van der Waals surface area contributed by atoms with E-state index in [1.54, 1.807) is 20.8 Å². The van der Waals surface area contributed by atoms with Gasteiger partial charge in [-0.25, -0.2) is 4.79 Å². The number of aromatic hydroxyl groups is 3. The number of rotatable bonds is 11. The molecule has 102 heavy (non-hydrogen) atoms. The number of carbonyl (C=O) groups is 8. The first-order valence-corrected chi connectivity index (χ1v) is 32.2. The first kappa shape index (κ1) is 77.3. The summed E-state index contributed by atoms with van der Waals surface area (Å²) in [4.78, 5) is 117. The summed E-state index contributed by atoms with van der Waals surface area (Å²) < 4.78 is 38.3. The summed E-state index contributed by atoms with van der Waals surface area (Å²) in [6, 6.07) is -0.815. The maximum absolute atomic E-state index is 16.0. The molecule has 0 spiro atoms. The van der Waals surface area contributed by atoms with Gasteiger partial charge < -0.3 is 128 Å². The van der Waals surface area contributed by atoms with Crippen LogP contribution in [-0.2, 0) is 52.6 Å². The highest BCUT2D eigenvalue weighted by Crippen LogP contribution is 2.50. The van der Waals surface area contributed by atoms with Gasteiger partial charge in [0.2, 0.25) is 53.4 Å². The van der Waals surface area contributed by atoms with Crippen molar-refractivity contribution in [2.24, 2.45) is 16.9 Å². The first-order valence-electron chi connectivity index (χ1n) is 31.4. The number of primary amides is 1. The van der Waals surface area contributed by atoms with Crippen LogP contribution in [0.1, 0.15) is 106 Å². The number of carbonyl (C=O) groups excluding carboxylic acids is 7. The number of nitrogens with two attached hydrogens (primary N) is 2. The van der Waals surface area contributed by atoms with Gasteiger partial charge in [0.25, 0.3) is 0 Å². The molecule has 18 atom stereocenters. The van der Waals surface area contributed by atoms with E-state index in [1.807, 2.05) is 0 Å². The molecule has 0 saturated carbocycles. The quantitative estimate of drug-likeness (QED) is 0.0857. The molecule has 7 aliphatic heterocycles. The molecule has 7 heterocycles. The summed E-state index contributed by atoms with van der Waals surface area (Å²) >= 11 is 14.1. The lowest BCUT2D eigenvalue weighted by Crippen LogP contribution is -2.64. The average Bonchev–Trinajstić information content (AvgIpc) is 0.761. The number of nitrogens with one attached hydrogen (secondary N) is 7. The average molecular weight is 1490 g/mol. The second kappa shape index (κ2) is 30.6. The van der Waals surface area contributed by atoms with Crippen LogP contribution in [0.4, 0.5) is 0 Å². The van der Waals surface area contributed by atoms with Crippen molar-refractivity contribution in [3.05, 3.63) is 117 Å². The normalized spacial score (nSPS) is 29.3. The van der Waals surface area contributed by atoms with Gasteiger partial charge in [0.1, 0.15) is 89.5 Å². The summed E-state index contributed by atoms with van der Waals surface area (Å²) in [7, 11) is 1.46. The Morgan fingerprint density at radius 3 is 1.87 bits per heavy atom. The number of halogens is 3. The van der Waals surface area contributed by atoms with Crippen LogP contribution in [0.25, 0.3) is 11.1 Å². The highest BCUT2D eigenvalue weighted by molar-refractivity contribution is 6.32. The molecule has 550 valence electrons. The third-order valence-electron chi connectivity index (χ3n) is 17.8. The molecule has 33 nitrogen and oxygen atoms in total. The number of aliphatic hydroxyl groups is 6. The van der Waals surface area contributed by atoms with Crippen LogP contribution in [0.5, 0.6) is 46.0 Å². The molecule has 0 radical (unpaired) electrons. The molecular weight excluding hydrogens is 1410 g/mol. The van der Waals surface area contributed by atoms with Crippen LogP contribution in [-0.4, -0.2) is 191 Å². The Balaban J connectivity index is 0.0000121. The molecule has 5 aromatic rings. The van der Waals surface area contributed by atoms with Gasteiger partial charge in [-0.2, -0.15) is 0 Å². The Morgan fingerprint density at radius 2 is 1.30 bits per heavy atom. The van der Waals surface area contributed by atoms with Gasteiger partial charge in [-0.05, 0) is 103 Å². The van der Waals surface area contributed by atoms with Gasteiger partial charge in [0, 0.05) is 34.7 Å². The van der Waals surface area contributed by atoms with E-state index in [-0.39, 0.29) is 46.3 Å². The minimum Gasteiger partial charge on any atom is -0.508 e. The lowest BCUT2D eigenvalue weighted by Gasteiger charge is -2.47. The van der Waals surface area contributed by atoms with Crippen molar-refractivity contribution >= 4 is 82.9 Å². The molecule has 12 rings (SSSR count). The number of hydrogen-bond donors (Lipinski definition) is 19. The Bertz CT molecular complexity index is 4110. The number of fused-ring (bicyclic) bond motifs is 15. The smallest absolute Gasteiger partial charge is 0.330 e. The Hall–Kier alpha value is -8.91. The zero-order valence-electron chi connectivity index (χ0n) is 54.9. The highest BCUT2D eigenvalue weighted by Gasteiger charge is 2.52. The standard InChI is InChI=1S/C66H75Cl2N9O24.ClH/c1-23-56(87)66(5,70)21-42(96-23)100-54-52(86)51(85)40(22-78)99-64(54)101-53-38-16-27-17-39(53)98-37-12-9-26(15-32(37)68)50(84)48-61(92)75-46(63(94)95)30-18-28(79)19-35(81)43(30)29-13-24(7-10-34(29)80)44(58(89)76-48)74-59(90)45(27)73-57(88)33(20-41(69)82)72-60(91)47(77-62(93)55(71-6)65(2,3)4)49(83)25-8-11-36(97-38)31(67)14-25;/h7-19,23,33,40,42,44-52,54-56,64,71,78-81,83-87H,20-22,70H2,1-6H3,(H2,69,82)(H,72,91)(H,73,88)(H,74,90)(H,75,92)(H,76,89)(H,77,93)(H,94,95);1H/t23-,33-,40+,42-,44+,45+,46-,47+,48-,49+,50+,51+,52-,54+,55-,56+,64-,66-;/m0./s1. The number of carboxylic acid groups (broad SMARTS) is 1. The fourth-order valence-electron chi connectivity index (χ4n) is 12.6. The summed E-state index contributed by atoms with van der Waals surface area (Å²) in [5.74, 6) is -16.0. The maximum atomic E-state index is 16.0. The van der Waals surface area contributed by atoms with Crippen molar-refractivity contribution in [2.75, 3.05) is 13.7 Å². The van der Waals surface area contributed by atoms with E-state index in [0.29, 0.717) is 0 Å². The number of aliphatic carboxylic acids is 1. The summed E-state index contributed by atoms with van der Waals surface area (Å²) in [5.41, 5.74) is 7.14. The number of ether oxygens (including phenoxy) is 6. The molecule has 0 aromatic heterocycles. The molecule has 2 fully saturated rings. The molecule has 0 aliphatic carbocycles. The van der Waals surface area contributed by atoms with Gasteiger partial charge in [-0.1, -0.05) is 62.2 Å². The van der Waals surface area contributed by atoms with Crippen molar-refractivity contribution in [1.29, 1.82) is 0 Å². The van der Waals surface area contributed by atoms with E-state index < -0.39 is 243 Å². The van der Waals surface area contributed by atoms with Crippen molar-refractivity contribution in [3.8, 4) is 57.1 Å². The predicted molar refractivity (Wildman–Crippen MR) is 357 cm³/mol. The highest BCUT2D eigenvalue weighted by atomic mass is 35.5. The number of phenols is 3. The number of aliphatic hydroxyl groups excluding tert-OH is 6. The van der Waals surface area contributed by atoms with Crippen LogP contribution in [0.2, 0.25) is 10.0 Å². The Labute approximate surface area is 596 Å². The number of hydrogen-bond acceptors (Lipinski definition) is 25. The van der Waals surface area contributed by atoms with Gasteiger partial charge in [0.15, 0.2) is 29.9 Å². The zero-order valence-corrected chi connectivity index (χ0v) is 57.3. The number of phenolic OH excluding ortho intramolecular Hbond substituents is 3. The van der Waals surface area contributed by atoms with Crippen molar-refractivity contribution in [3.63, 3.8) is 0 Å². The predicted octanol–water partition coefficient (Wildman–Crippen LogP) is 0.528. The second-order valence-corrected chi connectivity index (χ2v) is 27.1. The Kier molecular flexibility index (Phi) is 23.2. The van der Waals surface area contributed by atoms with Crippen molar-refractivity contribution in [2.45, 2.75) is 157 Å². The van der Waals surface area contributed by atoms with Gasteiger partial charge in [-0.15, -0.1) is 12.4 Å². The number of benzene rings is 5. The summed E-state index contributed by atoms with van der Waals surface area (Å²) in [6.07, 6.45) is -18.8. The summed E-state index contributed by atoms with van der Waals surface area (Å²) in [5, 5.41) is 131. The first-order chi connectivity index (χ1) is 47.5. The van der Waals surface area contributed by atoms with Gasteiger partial charge in [0.05, 0.1) is 41.3 Å². The fraction of sp³-hybridized carbons (Fsp3) is 0.424. The number of likely N-dealkylation sites (N-methyl/N-ethyl adjacent to an activating group) is 1. The van der Waals surface area contributed by atoms with E-state index in [9.17, 15) is 75.0 Å². The monoisotopic (exact) mass is 1480 g/mol. The van der Waals surface area contributed by atoms with E-state index in [0.717, 1.165) is 66.7 Å². The van der Waals surface area contributed by atoms with Crippen LogP contribution in [0.15, 0.2) is 78.9 Å². The van der Waals surface area contributed by atoms with Crippen LogP contribution in [0.3, 0.4) is 0 Å². The lowest BCUT2D eigenvalue weighted by molar-refractivity contribution is -0.333. The minimum absolute atomic E-state index is 0. The van der Waals surface area contributed by atoms with Crippen LogP contribution < -0.4 is 62.9 Å². The number of carboxylic acids is 1. The second-order valence-electron chi connectivity index (χ2n) is 26.3. The molecule has 7 amide bonds. The molecular formula is C66H76Cl3N9O24. The van der Waals surface area contributed by atoms with E-state index in [1.165, 1.54) is 33.0 Å².